The van der Waals surface area contributed by atoms with Gasteiger partial charge in [0.05, 0.1) is 39.7 Å². The number of rotatable bonds is 8. The number of amides is 2. The first-order chi connectivity index (χ1) is 16.4. The summed E-state index contributed by atoms with van der Waals surface area (Å²) >= 11 is 19.5. The number of thiophene rings is 1. The van der Waals surface area contributed by atoms with Crippen LogP contribution in [0.4, 0.5) is 11.5 Å². The van der Waals surface area contributed by atoms with E-state index >= 15 is 0 Å². The number of carbonyl (C=O) groups excluding carboxylic acids is 2. The molecule has 3 aromatic rings. The lowest BCUT2D eigenvalue weighted by atomic mass is 10.1. The van der Waals surface area contributed by atoms with Gasteiger partial charge in [0.25, 0.3) is 11.8 Å². The first kappa shape index (κ1) is 27.2. The lowest BCUT2D eigenvalue weighted by Gasteiger charge is -2.16. The molecule has 2 heterocycles. The number of hydrogen-bond donors (Lipinski definition) is 2. The maximum absolute atomic E-state index is 13.1. The van der Waals surface area contributed by atoms with E-state index in [9.17, 15) is 18.0 Å². The Balaban J connectivity index is 1.92. The molecule has 186 valence electrons. The highest BCUT2D eigenvalue weighted by molar-refractivity contribution is 7.88. The van der Waals surface area contributed by atoms with Gasteiger partial charge < -0.3 is 15.4 Å². The fourth-order valence-corrected chi connectivity index (χ4v) is 4.83. The van der Waals surface area contributed by atoms with Crippen LogP contribution in [0.1, 0.15) is 25.6 Å². The zero-order valence-electron chi connectivity index (χ0n) is 18.6. The molecule has 14 heteroatoms. The summed E-state index contributed by atoms with van der Waals surface area (Å²) in [4.78, 5) is 30.2. The Morgan fingerprint density at radius 2 is 1.83 bits per heavy atom. The van der Waals surface area contributed by atoms with E-state index in [4.69, 9.17) is 39.5 Å². The molecule has 0 bridgehead atoms. The maximum Gasteiger partial charge on any atom is 0.267 e. The Labute approximate surface area is 221 Å². The molecule has 0 saturated carbocycles. The van der Waals surface area contributed by atoms with Crippen LogP contribution in [0.2, 0.25) is 15.1 Å². The molecule has 2 aromatic heterocycles. The molecule has 0 aliphatic rings. The highest BCUT2D eigenvalue weighted by Crippen LogP contribution is 2.38. The zero-order chi connectivity index (χ0) is 25.9. The molecule has 0 aliphatic heterocycles. The lowest BCUT2D eigenvalue weighted by Crippen LogP contribution is -2.24. The highest BCUT2D eigenvalue weighted by Gasteiger charge is 2.25. The number of aromatic nitrogens is 1. The van der Waals surface area contributed by atoms with E-state index in [1.807, 2.05) is 0 Å². The Hall–Kier alpha value is -2.41. The lowest BCUT2D eigenvalue weighted by molar-refractivity contribution is 0.102. The Morgan fingerprint density at radius 3 is 2.43 bits per heavy atom. The average Bonchev–Trinajstić information content (AvgIpc) is 3.15. The third kappa shape index (κ3) is 6.43. The fraction of sp³-hybridized carbons (Fsp3) is 0.190. The van der Waals surface area contributed by atoms with E-state index in [0.717, 1.165) is 21.9 Å². The molecule has 0 aliphatic carbocycles. The van der Waals surface area contributed by atoms with Gasteiger partial charge in [-0.2, -0.15) is 0 Å². The second kappa shape index (κ2) is 11.1. The molecule has 0 atom stereocenters. The van der Waals surface area contributed by atoms with Crippen LogP contribution in [0, 0.1) is 0 Å². The number of nitrogens with one attached hydrogen (secondary N) is 2. The molecule has 0 radical (unpaired) electrons. The number of anilines is 2. The van der Waals surface area contributed by atoms with E-state index in [-0.39, 0.29) is 44.3 Å². The topological polar surface area (TPSA) is 118 Å². The number of methoxy groups -OCH3 is 1. The minimum atomic E-state index is -3.44. The first-order valence-corrected chi connectivity index (χ1v) is 13.6. The van der Waals surface area contributed by atoms with Gasteiger partial charge in [0.1, 0.15) is 10.7 Å². The van der Waals surface area contributed by atoms with Gasteiger partial charge in [-0.1, -0.05) is 34.8 Å². The van der Waals surface area contributed by atoms with Gasteiger partial charge in [0, 0.05) is 19.8 Å². The largest absolute Gasteiger partial charge is 0.493 e. The Bertz CT molecular complexity index is 1380. The standard InChI is InChI=1S/C21H19Cl3N4O5S2/c1-28(35(3,31)32)9-11-10-34-19(16(11)24)21(30)27-17-13(5-6-14(23)18(17)33-2)20(29)26-15-7-4-12(22)8-25-15/h4-8,10H,9H2,1-3H3,(H,27,30)(H,25,26,29). The summed E-state index contributed by atoms with van der Waals surface area (Å²) in [5.74, 6) is -0.904. The average molecular weight is 578 g/mol. The van der Waals surface area contributed by atoms with E-state index in [0.29, 0.717) is 10.6 Å². The van der Waals surface area contributed by atoms with Gasteiger partial charge in [0.15, 0.2) is 5.75 Å². The molecule has 35 heavy (non-hydrogen) atoms. The van der Waals surface area contributed by atoms with Gasteiger partial charge in [-0.3, -0.25) is 9.59 Å². The normalized spacial score (nSPS) is 11.4. The van der Waals surface area contributed by atoms with Crippen molar-refractivity contribution in [2.45, 2.75) is 6.54 Å². The van der Waals surface area contributed by atoms with Gasteiger partial charge in [0.2, 0.25) is 10.0 Å². The van der Waals surface area contributed by atoms with Crippen LogP contribution in [0.15, 0.2) is 35.8 Å². The van der Waals surface area contributed by atoms with Gasteiger partial charge in [-0.15, -0.1) is 11.3 Å². The summed E-state index contributed by atoms with van der Waals surface area (Å²) in [5, 5.41) is 7.51. The van der Waals surface area contributed by atoms with E-state index in [2.05, 4.69) is 15.6 Å². The van der Waals surface area contributed by atoms with Crippen molar-refractivity contribution in [2.75, 3.05) is 31.0 Å². The predicted octanol–water partition coefficient (Wildman–Crippen LogP) is 5.01. The fourth-order valence-electron chi connectivity index (χ4n) is 2.87. The van der Waals surface area contributed by atoms with Gasteiger partial charge in [-0.25, -0.2) is 17.7 Å². The summed E-state index contributed by atoms with van der Waals surface area (Å²) in [6.45, 7) is -0.0102. The first-order valence-electron chi connectivity index (χ1n) is 9.70. The number of pyridine rings is 1. The van der Waals surface area contributed by atoms with Crippen molar-refractivity contribution < 1.29 is 22.7 Å². The van der Waals surface area contributed by atoms with Crippen molar-refractivity contribution in [3.63, 3.8) is 0 Å². The van der Waals surface area contributed by atoms with Crippen LogP contribution in [-0.4, -0.2) is 49.9 Å². The molecule has 2 N–H and O–H groups in total. The number of hydrogen-bond acceptors (Lipinski definition) is 7. The van der Waals surface area contributed by atoms with Crippen LogP contribution in [0.3, 0.4) is 0 Å². The number of sulfonamides is 1. The second-order valence-electron chi connectivity index (χ2n) is 7.20. The summed E-state index contributed by atoms with van der Waals surface area (Å²) in [6.07, 6.45) is 2.44. The van der Waals surface area contributed by atoms with Gasteiger partial charge >= 0.3 is 0 Å². The van der Waals surface area contributed by atoms with Crippen molar-refractivity contribution in [1.29, 1.82) is 0 Å². The molecule has 9 nitrogen and oxygen atoms in total. The van der Waals surface area contributed by atoms with Crippen molar-refractivity contribution in [1.82, 2.24) is 9.29 Å². The van der Waals surface area contributed by atoms with Crippen molar-refractivity contribution in [2.24, 2.45) is 0 Å². The van der Waals surface area contributed by atoms with Crippen molar-refractivity contribution in [3.05, 3.63) is 66.9 Å². The summed E-state index contributed by atoms with van der Waals surface area (Å²) in [7, 11) is -0.697. The molecule has 3 rings (SSSR count). The molecular weight excluding hydrogens is 559 g/mol. The SMILES string of the molecule is COc1c(Cl)ccc(C(=O)Nc2ccc(Cl)cn2)c1NC(=O)c1scc(CN(C)S(C)(=O)=O)c1Cl. The Morgan fingerprint density at radius 1 is 1.11 bits per heavy atom. The summed E-state index contributed by atoms with van der Waals surface area (Å²) in [5.41, 5.74) is 0.538. The van der Waals surface area contributed by atoms with Crippen molar-refractivity contribution >= 4 is 79.5 Å². The van der Waals surface area contributed by atoms with Crippen LogP contribution in [0.5, 0.6) is 5.75 Å². The Kier molecular flexibility index (Phi) is 8.63. The quantitative estimate of drug-likeness (QED) is 0.389. The number of halogens is 3. The van der Waals surface area contributed by atoms with E-state index in [1.54, 1.807) is 11.4 Å². The van der Waals surface area contributed by atoms with Gasteiger partial charge in [-0.05, 0) is 35.2 Å². The molecule has 2 amide bonds. The second-order valence-corrected chi connectivity index (χ2v) is 11.4. The number of nitrogens with zero attached hydrogens (tertiary/aromatic N) is 2. The molecule has 0 spiro atoms. The predicted molar refractivity (Wildman–Crippen MR) is 139 cm³/mol. The third-order valence-corrected chi connectivity index (χ3v) is 8.09. The molecule has 0 unspecified atom stereocenters. The maximum atomic E-state index is 13.1. The van der Waals surface area contributed by atoms with E-state index < -0.39 is 21.8 Å². The van der Waals surface area contributed by atoms with E-state index in [1.165, 1.54) is 38.6 Å². The minimum absolute atomic E-state index is 0.0102. The van der Waals surface area contributed by atoms with Crippen LogP contribution >= 0.6 is 46.1 Å². The van der Waals surface area contributed by atoms with Crippen LogP contribution in [0.25, 0.3) is 0 Å². The van der Waals surface area contributed by atoms with Crippen LogP contribution < -0.4 is 15.4 Å². The van der Waals surface area contributed by atoms with Crippen molar-refractivity contribution in [3.8, 4) is 5.75 Å². The molecule has 1 aromatic carbocycles. The smallest absolute Gasteiger partial charge is 0.267 e. The highest BCUT2D eigenvalue weighted by atomic mass is 35.5. The number of benzene rings is 1. The number of ether oxygens (including phenoxy) is 1. The molecule has 0 fully saturated rings. The zero-order valence-corrected chi connectivity index (χ0v) is 22.5. The number of carbonyl (C=O) groups is 2. The summed E-state index contributed by atoms with van der Waals surface area (Å²) in [6, 6.07) is 5.96. The molecule has 0 saturated heterocycles. The monoisotopic (exact) mass is 576 g/mol. The third-order valence-electron chi connectivity index (χ3n) is 4.73. The van der Waals surface area contributed by atoms with Crippen LogP contribution in [-0.2, 0) is 16.6 Å². The minimum Gasteiger partial charge on any atom is -0.493 e. The summed E-state index contributed by atoms with van der Waals surface area (Å²) < 4.78 is 29.9. The molecular formula is C21H19Cl3N4O5S2.